The van der Waals surface area contributed by atoms with E-state index in [0.29, 0.717) is 27.4 Å². The number of aryl methyl sites for hydroxylation is 3. The Balaban J connectivity index is 0.000000168. The average Bonchev–Trinajstić information content (AvgIpc) is 3.90. The number of aromatic hydroxyl groups is 2. The second-order valence-electron chi connectivity index (χ2n) is 17.8. The Hall–Kier alpha value is -4.45. The Labute approximate surface area is 383 Å². The first-order valence-corrected chi connectivity index (χ1v) is 24.2. The summed E-state index contributed by atoms with van der Waals surface area (Å²) in [6, 6.07) is 17.0. The van der Waals surface area contributed by atoms with Crippen molar-refractivity contribution in [2.45, 2.75) is 123 Å². The first-order valence-electron chi connectivity index (χ1n) is 22.6. The summed E-state index contributed by atoms with van der Waals surface area (Å²) in [7, 11) is 0. The van der Waals surface area contributed by atoms with E-state index < -0.39 is 0 Å². The number of nitrogens with zero attached hydrogens (tertiary/aromatic N) is 8. The molecule has 6 aromatic rings. The van der Waals surface area contributed by atoms with Crippen LogP contribution >= 0.6 is 22.7 Å². The van der Waals surface area contributed by atoms with Crippen LogP contribution in [0.4, 0.5) is 33.0 Å². The molecule has 0 saturated carbocycles. The minimum Gasteiger partial charge on any atom is -0.505 e. The van der Waals surface area contributed by atoms with E-state index in [9.17, 15) is 10.2 Å². The van der Waals surface area contributed by atoms with Gasteiger partial charge < -0.3 is 20.0 Å². The summed E-state index contributed by atoms with van der Waals surface area (Å²) in [6.45, 7) is 13.3. The third kappa shape index (κ3) is 9.13. The van der Waals surface area contributed by atoms with Crippen molar-refractivity contribution >= 4 is 76.1 Å². The van der Waals surface area contributed by atoms with Gasteiger partial charge in [0.15, 0.2) is 0 Å². The minimum absolute atomic E-state index is 0. The van der Waals surface area contributed by atoms with Crippen LogP contribution in [0.3, 0.4) is 0 Å². The van der Waals surface area contributed by atoms with Gasteiger partial charge in [-0.25, -0.2) is 9.97 Å². The molecule has 0 radical (unpaired) electrons. The van der Waals surface area contributed by atoms with Crippen molar-refractivity contribution in [3.8, 4) is 11.5 Å². The van der Waals surface area contributed by atoms with Crippen molar-refractivity contribution in [1.82, 2.24) is 9.97 Å². The number of phenols is 2. The fourth-order valence-corrected chi connectivity index (χ4v) is 11.2. The van der Waals surface area contributed by atoms with Gasteiger partial charge >= 0.3 is 0 Å². The molecule has 0 spiro atoms. The number of hydrogen-bond acceptors (Lipinski definition) is 12. The maximum absolute atomic E-state index is 10.9. The molecule has 2 aromatic heterocycles. The standard InChI is InChI=1S/C25H30N4OS.C24H28N4OS.Ni/c1-2-3-4-5-8-17-11-12-20-22(15-17)31-25(26-20)28-27-21-16-18-9-6-13-29-14-7-10-19(23(18)29)24(21)30;1-4-24(2,3)16-9-10-18-20(14-16)30-23(25-18)27-26-19-13-15-7-5-11-28-12-6-8-17(21(15)28)22(19)29;/h11-12,15-16,30H,2-10,13-14H2,1H3;9-10,13-14,29H,4-8,11-12H2,1-3H3;. The second kappa shape index (κ2) is 19.1. The van der Waals surface area contributed by atoms with Gasteiger partial charge in [-0.2, -0.15) is 0 Å². The predicted octanol–water partition coefficient (Wildman–Crippen LogP) is 14.0. The number of benzene rings is 4. The summed E-state index contributed by atoms with van der Waals surface area (Å²) >= 11 is 3.12. The molecule has 2 N–H and O–H groups in total. The number of phenolic OH excluding ortho intramolecular Hbond substituents is 2. The van der Waals surface area contributed by atoms with E-state index in [1.165, 1.54) is 59.3 Å². The van der Waals surface area contributed by atoms with E-state index in [2.05, 4.69) is 104 Å². The first kappa shape index (κ1) is 44.2. The van der Waals surface area contributed by atoms with Crippen LogP contribution in [0.15, 0.2) is 69.0 Å². The van der Waals surface area contributed by atoms with Gasteiger partial charge in [0.05, 0.1) is 20.4 Å². The van der Waals surface area contributed by atoms with Crippen LogP contribution in [0.2, 0.25) is 0 Å². The van der Waals surface area contributed by atoms with Gasteiger partial charge in [-0.3, -0.25) is 0 Å². The monoisotopic (exact) mass is 912 g/mol. The van der Waals surface area contributed by atoms with Gasteiger partial charge in [-0.1, -0.05) is 81.8 Å². The zero-order valence-corrected chi connectivity index (χ0v) is 39.1. The first-order chi connectivity index (χ1) is 29.7. The van der Waals surface area contributed by atoms with Crippen molar-refractivity contribution in [2.75, 3.05) is 36.0 Å². The number of anilines is 2. The van der Waals surface area contributed by atoms with Gasteiger partial charge in [-0.05, 0) is 135 Å². The molecule has 0 unspecified atom stereocenters. The molecule has 328 valence electrons. The average molecular weight is 914 g/mol. The van der Waals surface area contributed by atoms with Crippen LogP contribution in [0.25, 0.3) is 20.4 Å². The van der Waals surface area contributed by atoms with Crippen LogP contribution in [0.5, 0.6) is 11.5 Å². The van der Waals surface area contributed by atoms with Gasteiger partial charge in [-0.15, -0.1) is 20.5 Å². The molecule has 13 heteroatoms. The maximum atomic E-state index is 10.9. The molecule has 4 aliphatic heterocycles. The largest absolute Gasteiger partial charge is 0.505 e. The zero-order chi connectivity index (χ0) is 42.1. The number of hydrogen-bond donors (Lipinski definition) is 2. The van der Waals surface area contributed by atoms with Crippen LogP contribution in [0.1, 0.15) is 119 Å². The summed E-state index contributed by atoms with van der Waals surface area (Å²) in [6.07, 6.45) is 15.7. The molecule has 62 heavy (non-hydrogen) atoms. The van der Waals surface area contributed by atoms with Gasteiger partial charge in [0, 0.05) is 65.2 Å². The van der Waals surface area contributed by atoms with E-state index >= 15 is 0 Å². The molecule has 0 amide bonds. The Kier molecular flexibility index (Phi) is 13.6. The fourth-order valence-electron chi connectivity index (χ4n) is 9.49. The fraction of sp³-hybridized carbons (Fsp3) is 0.469. The predicted molar refractivity (Wildman–Crippen MR) is 253 cm³/mol. The van der Waals surface area contributed by atoms with Gasteiger partial charge in [0.25, 0.3) is 0 Å². The molecule has 0 fully saturated rings. The molecule has 4 aliphatic rings. The number of azo groups is 2. The number of thiazole rings is 2. The topological polar surface area (TPSA) is 122 Å². The number of rotatable bonds is 11. The Morgan fingerprint density at radius 2 is 1.15 bits per heavy atom. The number of fused-ring (bicyclic) bond motifs is 2. The molecular weight excluding hydrogens is 855 g/mol. The number of aromatic nitrogens is 2. The van der Waals surface area contributed by atoms with E-state index in [4.69, 9.17) is 0 Å². The van der Waals surface area contributed by atoms with E-state index in [1.54, 1.807) is 22.7 Å². The van der Waals surface area contributed by atoms with Crippen molar-refractivity contribution in [1.29, 1.82) is 0 Å². The van der Waals surface area contributed by atoms with Crippen LogP contribution in [-0.2, 0) is 54.0 Å². The van der Waals surface area contributed by atoms with E-state index in [1.807, 2.05) is 12.1 Å². The summed E-state index contributed by atoms with van der Waals surface area (Å²) < 4.78 is 2.28. The van der Waals surface area contributed by atoms with E-state index in [0.717, 1.165) is 122 Å². The van der Waals surface area contributed by atoms with Crippen LogP contribution in [0, 0.1) is 0 Å². The SMILES string of the molecule is CCC(C)(C)c1ccc2nc(N=Nc3cc4c5c(c3O)CCCN5CCC4)sc2c1.CCCCCCc1ccc2nc(N=Nc3cc4c5c(c3O)CCCN5CCC4)sc2c1.[Ni]. The molecule has 6 heterocycles. The summed E-state index contributed by atoms with van der Waals surface area (Å²) in [4.78, 5) is 14.1. The summed E-state index contributed by atoms with van der Waals surface area (Å²) in [5, 5.41) is 40.7. The smallest absolute Gasteiger partial charge is 0.231 e. The van der Waals surface area contributed by atoms with Crippen LogP contribution < -0.4 is 9.80 Å². The zero-order valence-electron chi connectivity index (χ0n) is 36.5. The molecule has 0 bridgehead atoms. The molecule has 0 aliphatic carbocycles. The van der Waals surface area contributed by atoms with Crippen LogP contribution in [-0.4, -0.2) is 46.4 Å². The van der Waals surface area contributed by atoms with Crippen molar-refractivity contribution in [3.63, 3.8) is 0 Å². The Bertz CT molecular complexity index is 2630. The Morgan fingerprint density at radius 1 is 0.629 bits per heavy atom. The third-order valence-corrected chi connectivity index (χ3v) is 15.0. The number of unbranched alkanes of at least 4 members (excludes halogenated alkanes) is 3. The quantitative estimate of drug-likeness (QED) is 0.0758. The molecule has 10 rings (SSSR count). The Morgan fingerprint density at radius 3 is 1.68 bits per heavy atom. The third-order valence-electron chi connectivity index (χ3n) is 13.2. The molecule has 0 saturated heterocycles. The molecule has 10 nitrogen and oxygen atoms in total. The van der Waals surface area contributed by atoms with Gasteiger partial charge in [0.1, 0.15) is 22.9 Å². The summed E-state index contributed by atoms with van der Waals surface area (Å²) in [5.74, 6) is 0.585. The molecule has 4 aromatic carbocycles. The molecule has 0 atom stereocenters. The second-order valence-corrected chi connectivity index (χ2v) is 19.8. The van der Waals surface area contributed by atoms with Gasteiger partial charge in [0.2, 0.25) is 10.3 Å². The van der Waals surface area contributed by atoms with Crippen molar-refractivity contribution in [2.24, 2.45) is 20.5 Å². The van der Waals surface area contributed by atoms with Crippen molar-refractivity contribution < 1.29 is 26.7 Å². The minimum atomic E-state index is 0. The molecular formula is C49H58N8NiO2S2. The maximum Gasteiger partial charge on any atom is 0.231 e. The summed E-state index contributed by atoms with van der Waals surface area (Å²) in [5.41, 5.74) is 13.1. The normalized spacial score (nSPS) is 15.8. The van der Waals surface area contributed by atoms with E-state index in [-0.39, 0.29) is 27.7 Å². The van der Waals surface area contributed by atoms with Crippen molar-refractivity contribution in [3.05, 3.63) is 81.9 Å².